The smallest absolute Gasteiger partial charge is 0.140 e. The van der Waals surface area contributed by atoms with Crippen LogP contribution in [-0.4, -0.2) is 16.7 Å². The van der Waals surface area contributed by atoms with E-state index in [1.165, 1.54) is 5.41 Å². The van der Waals surface area contributed by atoms with Gasteiger partial charge in [0.25, 0.3) is 0 Å². The molecule has 0 saturated heterocycles. The molecule has 17 heavy (non-hydrogen) atoms. The van der Waals surface area contributed by atoms with Crippen molar-refractivity contribution in [1.29, 1.82) is 0 Å². The molecule has 0 aliphatic carbocycles. The summed E-state index contributed by atoms with van der Waals surface area (Å²) in [5.74, 6) is 6.27. The Morgan fingerprint density at radius 1 is 1.41 bits per heavy atom. The third-order valence-electron chi connectivity index (χ3n) is 1.87. The van der Waals surface area contributed by atoms with Gasteiger partial charge in [-0.2, -0.15) is 0 Å². The molecule has 0 aliphatic rings. The molecule has 1 rings (SSSR count). The van der Waals surface area contributed by atoms with E-state index >= 15 is 0 Å². The van der Waals surface area contributed by atoms with Gasteiger partial charge in [0.15, 0.2) is 0 Å². The van der Waals surface area contributed by atoms with E-state index in [1.807, 2.05) is 12.1 Å². The van der Waals surface area contributed by atoms with Crippen molar-refractivity contribution < 1.29 is 13.1 Å². The van der Waals surface area contributed by atoms with Crippen LogP contribution >= 0.6 is 0 Å². The average Bonchev–Trinajstić information content (AvgIpc) is 2.31. The van der Waals surface area contributed by atoms with E-state index in [0.29, 0.717) is 12.4 Å². The van der Waals surface area contributed by atoms with Crippen LogP contribution in [0.15, 0.2) is 36.3 Å². The quantitative estimate of drug-likeness (QED) is 0.440. The van der Waals surface area contributed by atoms with Crippen molar-refractivity contribution in [3.05, 3.63) is 41.8 Å². The largest absolute Gasteiger partial charge is 0.406 e. The molecular formula is C13H14O3S. The van der Waals surface area contributed by atoms with Gasteiger partial charge in [-0.3, -0.25) is 0 Å². The molecule has 0 N–H and O–H groups in total. The predicted octanol–water partition coefficient (Wildman–Crippen LogP) is 1.99. The highest BCUT2D eigenvalue weighted by Crippen LogP contribution is 2.15. The van der Waals surface area contributed by atoms with Crippen LogP contribution in [0, 0.1) is 12.3 Å². The zero-order chi connectivity index (χ0) is 12.7. The SMILES string of the molecule is C#CCOCc1ccc(OS(=C)(=O)C=C)cc1. The topological polar surface area (TPSA) is 35.5 Å². The summed E-state index contributed by atoms with van der Waals surface area (Å²) < 4.78 is 21.8. The van der Waals surface area contributed by atoms with Gasteiger partial charge in [-0.1, -0.05) is 24.6 Å². The van der Waals surface area contributed by atoms with Crippen molar-refractivity contribution in [1.82, 2.24) is 0 Å². The van der Waals surface area contributed by atoms with Crippen LogP contribution in [0.1, 0.15) is 5.56 Å². The van der Waals surface area contributed by atoms with Crippen LogP contribution in [-0.2, 0) is 21.1 Å². The second-order valence-corrected chi connectivity index (χ2v) is 5.08. The first-order valence-electron chi connectivity index (χ1n) is 4.86. The molecule has 1 atom stereocenters. The fourth-order valence-corrected chi connectivity index (χ4v) is 1.57. The van der Waals surface area contributed by atoms with E-state index in [0.717, 1.165) is 5.56 Å². The van der Waals surface area contributed by atoms with Gasteiger partial charge in [0.2, 0.25) is 0 Å². The predicted molar refractivity (Wildman–Crippen MR) is 71.0 cm³/mol. The van der Waals surface area contributed by atoms with Gasteiger partial charge < -0.3 is 8.92 Å². The molecular weight excluding hydrogens is 236 g/mol. The molecule has 4 heteroatoms. The Labute approximate surface area is 102 Å². The fraction of sp³-hybridized carbons (Fsp3) is 0.154. The first kappa shape index (κ1) is 13.4. The summed E-state index contributed by atoms with van der Waals surface area (Å²) in [7, 11) is -2.70. The molecule has 0 radical (unpaired) electrons. The number of rotatable bonds is 6. The van der Waals surface area contributed by atoms with Crippen molar-refractivity contribution in [2.45, 2.75) is 6.61 Å². The number of hydrogen-bond acceptors (Lipinski definition) is 3. The van der Waals surface area contributed by atoms with Crippen LogP contribution in [0.3, 0.4) is 0 Å². The highest BCUT2D eigenvalue weighted by Gasteiger charge is 2.01. The lowest BCUT2D eigenvalue weighted by Gasteiger charge is -2.07. The zero-order valence-electron chi connectivity index (χ0n) is 9.43. The van der Waals surface area contributed by atoms with Crippen molar-refractivity contribution in [3.8, 4) is 18.1 Å². The lowest BCUT2D eigenvalue weighted by atomic mass is 10.2. The minimum atomic E-state index is -2.70. The third kappa shape index (κ3) is 4.77. The minimum Gasteiger partial charge on any atom is -0.406 e. The number of ether oxygens (including phenoxy) is 1. The molecule has 1 aromatic carbocycles. The summed E-state index contributed by atoms with van der Waals surface area (Å²) >= 11 is 0. The van der Waals surface area contributed by atoms with Crippen molar-refractivity contribution >= 4 is 15.7 Å². The number of benzene rings is 1. The Bertz CT molecular complexity index is 507. The molecule has 0 aromatic heterocycles. The summed E-state index contributed by atoms with van der Waals surface area (Å²) in [6.07, 6.45) is 5.06. The Hall–Kier alpha value is -1.70. The van der Waals surface area contributed by atoms with Crippen LogP contribution in [0.5, 0.6) is 5.75 Å². The van der Waals surface area contributed by atoms with Gasteiger partial charge in [0, 0.05) is 5.41 Å². The fourth-order valence-electron chi connectivity index (χ4n) is 1.07. The van der Waals surface area contributed by atoms with Crippen molar-refractivity contribution in [2.24, 2.45) is 0 Å². The molecule has 0 heterocycles. The second kappa shape index (κ2) is 6.14. The number of hydrogen-bond donors (Lipinski definition) is 0. The maximum absolute atomic E-state index is 11.5. The van der Waals surface area contributed by atoms with Gasteiger partial charge in [-0.25, -0.2) is 4.21 Å². The molecule has 0 amide bonds. The van der Waals surface area contributed by atoms with Crippen LogP contribution < -0.4 is 4.18 Å². The molecule has 3 nitrogen and oxygen atoms in total. The van der Waals surface area contributed by atoms with E-state index in [1.54, 1.807) is 12.1 Å². The van der Waals surface area contributed by atoms with Crippen molar-refractivity contribution in [3.63, 3.8) is 0 Å². The van der Waals surface area contributed by atoms with E-state index in [2.05, 4.69) is 18.4 Å². The van der Waals surface area contributed by atoms with Gasteiger partial charge in [-0.15, -0.1) is 6.42 Å². The normalized spacial score (nSPS) is 13.4. The first-order valence-corrected chi connectivity index (χ1v) is 6.58. The lowest BCUT2D eigenvalue weighted by Crippen LogP contribution is -2.04. The Morgan fingerprint density at radius 3 is 2.59 bits per heavy atom. The van der Waals surface area contributed by atoms with Gasteiger partial charge in [-0.05, 0) is 23.6 Å². The monoisotopic (exact) mass is 250 g/mol. The maximum Gasteiger partial charge on any atom is 0.140 e. The standard InChI is InChI=1S/C13H14O3S/c1-4-10-15-11-12-6-8-13(9-7-12)16-17(3,14)5-2/h1,5-9H,2-3,10-11H2. The Kier molecular flexibility index (Phi) is 4.83. The van der Waals surface area contributed by atoms with E-state index in [9.17, 15) is 4.21 Å². The van der Waals surface area contributed by atoms with Gasteiger partial charge in [0.05, 0.1) is 6.61 Å². The van der Waals surface area contributed by atoms with Crippen LogP contribution in [0.2, 0.25) is 0 Å². The molecule has 0 fully saturated rings. The summed E-state index contributed by atoms with van der Waals surface area (Å²) in [5.41, 5.74) is 0.960. The summed E-state index contributed by atoms with van der Waals surface area (Å²) in [4.78, 5) is 0. The molecule has 0 aliphatic heterocycles. The third-order valence-corrected chi connectivity index (χ3v) is 2.85. The van der Waals surface area contributed by atoms with E-state index in [-0.39, 0.29) is 6.61 Å². The summed E-state index contributed by atoms with van der Waals surface area (Å²) in [5, 5.41) is 1.19. The highest BCUT2D eigenvalue weighted by molar-refractivity contribution is 7.99. The van der Waals surface area contributed by atoms with Gasteiger partial charge in [0.1, 0.15) is 22.2 Å². The summed E-state index contributed by atoms with van der Waals surface area (Å²) in [6.45, 7) is 4.11. The van der Waals surface area contributed by atoms with Crippen LogP contribution in [0.4, 0.5) is 0 Å². The maximum atomic E-state index is 11.5. The molecule has 1 aromatic rings. The minimum absolute atomic E-state index is 0.279. The lowest BCUT2D eigenvalue weighted by molar-refractivity contribution is 0.153. The Balaban J connectivity index is 2.63. The molecule has 90 valence electrons. The molecule has 1 unspecified atom stereocenters. The van der Waals surface area contributed by atoms with E-state index in [4.69, 9.17) is 15.3 Å². The molecule has 0 bridgehead atoms. The zero-order valence-corrected chi connectivity index (χ0v) is 10.2. The first-order chi connectivity index (χ1) is 8.07. The second-order valence-electron chi connectivity index (χ2n) is 3.25. The molecule has 0 spiro atoms. The summed E-state index contributed by atoms with van der Waals surface area (Å²) in [6, 6.07) is 7.01. The number of terminal acetylenes is 1. The van der Waals surface area contributed by atoms with Crippen molar-refractivity contribution in [2.75, 3.05) is 6.61 Å². The van der Waals surface area contributed by atoms with Crippen LogP contribution in [0.25, 0.3) is 0 Å². The highest BCUT2D eigenvalue weighted by atomic mass is 32.2. The average molecular weight is 250 g/mol. The molecule has 0 saturated carbocycles. The van der Waals surface area contributed by atoms with Gasteiger partial charge >= 0.3 is 0 Å². The van der Waals surface area contributed by atoms with E-state index < -0.39 is 9.80 Å². The Morgan fingerprint density at radius 2 is 2.06 bits per heavy atom.